The van der Waals surface area contributed by atoms with Gasteiger partial charge in [0.1, 0.15) is 11.9 Å². The SMILES string of the molecule is Cc1ccc2c(c1)CC(CS(C)(=O)=O)O2. The fourth-order valence-corrected chi connectivity index (χ4v) is 2.74. The van der Waals surface area contributed by atoms with Crippen molar-refractivity contribution in [3.63, 3.8) is 0 Å². The van der Waals surface area contributed by atoms with E-state index in [1.807, 2.05) is 19.1 Å². The minimum Gasteiger partial charge on any atom is -0.489 e. The van der Waals surface area contributed by atoms with Gasteiger partial charge in [0, 0.05) is 12.7 Å². The van der Waals surface area contributed by atoms with Crippen molar-refractivity contribution in [3.05, 3.63) is 29.3 Å². The molecule has 1 aliphatic heterocycles. The Balaban J connectivity index is 2.16. The summed E-state index contributed by atoms with van der Waals surface area (Å²) in [5, 5.41) is 0. The van der Waals surface area contributed by atoms with Crippen molar-refractivity contribution >= 4 is 9.84 Å². The first kappa shape index (κ1) is 10.5. The summed E-state index contributed by atoms with van der Waals surface area (Å²) >= 11 is 0. The van der Waals surface area contributed by atoms with Gasteiger partial charge in [-0.3, -0.25) is 0 Å². The molecule has 82 valence electrons. The normalized spacial score (nSPS) is 19.7. The molecule has 0 N–H and O–H groups in total. The van der Waals surface area contributed by atoms with Gasteiger partial charge in [0.2, 0.25) is 0 Å². The Morgan fingerprint density at radius 1 is 1.47 bits per heavy atom. The molecule has 1 aromatic carbocycles. The number of ether oxygens (including phenoxy) is 1. The van der Waals surface area contributed by atoms with Gasteiger partial charge in [-0.2, -0.15) is 0 Å². The monoisotopic (exact) mass is 226 g/mol. The molecule has 1 unspecified atom stereocenters. The van der Waals surface area contributed by atoms with E-state index in [9.17, 15) is 8.42 Å². The van der Waals surface area contributed by atoms with Gasteiger partial charge in [-0.25, -0.2) is 8.42 Å². The molecule has 1 aliphatic rings. The summed E-state index contributed by atoms with van der Waals surface area (Å²) in [6.45, 7) is 2.02. The molecule has 15 heavy (non-hydrogen) atoms. The summed E-state index contributed by atoms with van der Waals surface area (Å²) in [5.74, 6) is 0.926. The maximum atomic E-state index is 11.1. The molecule has 2 rings (SSSR count). The van der Waals surface area contributed by atoms with Crippen LogP contribution in [-0.4, -0.2) is 26.5 Å². The summed E-state index contributed by atoms with van der Waals surface area (Å²) in [6.07, 6.45) is 1.73. The smallest absolute Gasteiger partial charge is 0.151 e. The molecule has 1 heterocycles. The second kappa shape index (κ2) is 3.52. The molecule has 0 aromatic heterocycles. The molecule has 0 spiro atoms. The van der Waals surface area contributed by atoms with Crippen LogP contribution in [0.25, 0.3) is 0 Å². The van der Waals surface area contributed by atoms with E-state index in [4.69, 9.17) is 4.74 Å². The lowest BCUT2D eigenvalue weighted by Gasteiger charge is -2.08. The van der Waals surface area contributed by atoms with Gasteiger partial charge in [0.05, 0.1) is 5.75 Å². The molecule has 0 bridgehead atoms. The maximum absolute atomic E-state index is 11.1. The number of sulfone groups is 1. The van der Waals surface area contributed by atoms with E-state index in [0.29, 0.717) is 6.42 Å². The first-order valence-corrected chi connectivity index (χ1v) is 6.94. The molecular formula is C11H14O3S. The van der Waals surface area contributed by atoms with Crippen LogP contribution in [0.1, 0.15) is 11.1 Å². The topological polar surface area (TPSA) is 43.4 Å². The van der Waals surface area contributed by atoms with Gasteiger partial charge < -0.3 is 4.74 Å². The summed E-state index contributed by atoms with van der Waals surface area (Å²) in [4.78, 5) is 0. The molecule has 0 saturated heterocycles. The molecule has 0 aliphatic carbocycles. The van der Waals surface area contributed by atoms with Crippen molar-refractivity contribution in [1.29, 1.82) is 0 Å². The zero-order valence-corrected chi connectivity index (χ0v) is 9.67. The number of benzene rings is 1. The Kier molecular flexibility index (Phi) is 2.46. The quantitative estimate of drug-likeness (QED) is 0.764. The molecule has 0 radical (unpaired) electrons. The van der Waals surface area contributed by atoms with Gasteiger partial charge in [-0.15, -0.1) is 0 Å². The summed E-state index contributed by atoms with van der Waals surface area (Å²) < 4.78 is 27.8. The van der Waals surface area contributed by atoms with E-state index in [-0.39, 0.29) is 11.9 Å². The van der Waals surface area contributed by atoms with Crippen LogP contribution in [0, 0.1) is 6.92 Å². The Hall–Kier alpha value is -1.03. The van der Waals surface area contributed by atoms with Crippen molar-refractivity contribution in [2.75, 3.05) is 12.0 Å². The van der Waals surface area contributed by atoms with Crippen LogP contribution in [0.15, 0.2) is 18.2 Å². The van der Waals surface area contributed by atoms with Crippen LogP contribution in [0.2, 0.25) is 0 Å². The molecule has 0 fully saturated rings. The molecule has 1 atom stereocenters. The Morgan fingerprint density at radius 2 is 2.20 bits per heavy atom. The summed E-state index contributed by atoms with van der Waals surface area (Å²) in [7, 11) is -2.96. The van der Waals surface area contributed by atoms with E-state index in [2.05, 4.69) is 6.07 Å². The standard InChI is InChI=1S/C11H14O3S/c1-8-3-4-11-9(5-8)6-10(14-11)7-15(2,12)13/h3-5,10H,6-7H2,1-2H3. The number of aryl methyl sites for hydroxylation is 1. The first-order chi connectivity index (χ1) is 6.94. The largest absolute Gasteiger partial charge is 0.489 e. The second-order valence-electron chi connectivity index (χ2n) is 4.15. The lowest BCUT2D eigenvalue weighted by atomic mass is 10.1. The van der Waals surface area contributed by atoms with Crippen molar-refractivity contribution in [1.82, 2.24) is 0 Å². The second-order valence-corrected chi connectivity index (χ2v) is 6.33. The van der Waals surface area contributed by atoms with Gasteiger partial charge in [0.25, 0.3) is 0 Å². The third-order valence-electron chi connectivity index (χ3n) is 2.45. The molecular weight excluding hydrogens is 212 g/mol. The fraction of sp³-hybridized carbons (Fsp3) is 0.455. The van der Waals surface area contributed by atoms with E-state index in [1.165, 1.54) is 11.8 Å². The van der Waals surface area contributed by atoms with Crippen LogP contribution < -0.4 is 4.74 Å². The molecule has 1 aromatic rings. The summed E-state index contributed by atoms with van der Waals surface area (Å²) in [6, 6.07) is 5.94. The number of fused-ring (bicyclic) bond motifs is 1. The highest BCUT2D eigenvalue weighted by Crippen LogP contribution is 2.29. The molecule has 3 nitrogen and oxygen atoms in total. The fourth-order valence-electron chi connectivity index (χ4n) is 1.88. The van der Waals surface area contributed by atoms with Crippen molar-refractivity contribution in [3.8, 4) is 5.75 Å². The van der Waals surface area contributed by atoms with Crippen molar-refractivity contribution in [2.45, 2.75) is 19.4 Å². The third kappa shape index (κ3) is 2.50. The van der Waals surface area contributed by atoms with E-state index in [1.54, 1.807) is 0 Å². The van der Waals surface area contributed by atoms with E-state index >= 15 is 0 Å². The first-order valence-electron chi connectivity index (χ1n) is 4.88. The van der Waals surface area contributed by atoms with Crippen LogP contribution in [-0.2, 0) is 16.3 Å². The molecule has 4 heteroatoms. The van der Waals surface area contributed by atoms with Gasteiger partial charge >= 0.3 is 0 Å². The Labute approximate surface area is 90.0 Å². The predicted octanol–water partition coefficient (Wildman–Crippen LogP) is 1.34. The highest BCUT2D eigenvalue weighted by molar-refractivity contribution is 7.90. The number of rotatable bonds is 2. The van der Waals surface area contributed by atoms with Crippen molar-refractivity contribution < 1.29 is 13.2 Å². The lowest BCUT2D eigenvalue weighted by Crippen LogP contribution is -2.24. The average molecular weight is 226 g/mol. The van der Waals surface area contributed by atoms with Gasteiger partial charge in [-0.05, 0) is 18.6 Å². The van der Waals surface area contributed by atoms with E-state index < -0.39 is 9.84 Å². The number of hydrogen-bond acceptors (Lipinski definition) is 3. The molecule has 0 saturated carbocycles. The van der Waals surface area contributed by atoms with Crippen LogP contribution in [0.4, 0.5) is 0 Å². The predicted molar refractivity (Wildman–Crippen MR) is 59.0 cm³/mol. The maximum Gasteiger partial charge on any atom is 0.151 e. The average Bonchev–Trinajstić information content (AvgIpc) is 2.42. The highest BCUT2D eigenvalue weighted by atomic mass is 32.2. The minimum absolute atomic E-state index is 0.0979. The molecule has 0 amide bonds. The zero-order valence-electron chi connectivity index (χ0n) is 8.86. The van der Waals surface area contributed by atoms with Crippen LogP contribution in [0.5, 0.6) is 5.75 Å². The Bertz CT molecular complexity index is 477. The van der Waals surface area contributed by atoms with Gasteiger partial charge in [-0.1, -0.05) is 17.7 Å². The van der Waals surface area contributed by atoms with E-state index in [0.717, 1.165) is 11.3 Å². The zero-order chi connectivity index (χ0) is 11.1. The lowest BCUT2D eigenvalue weighted by molar-refractivity contribution is 0.256. The minimum atomic E-state index is -2.96. The van der Waals surface area contributed by atoms with Crippen molar-refractivity contribution in [2.24, 2.45) is 0 Å². The number of hydrogen-bond donors (Lipinski definition) is 0. The van der Waals surface area contributed by atoms with Crippen LogP contribution in [0.3, 0.4) is 0 Å². The van der Waals surface area contributed by atoms with Crippen LogP contribution >= 0.6 is 0 Å². The Morgan fingerprint density at radius 3 is 2.87 bits per heavy atom. The third-order valence-corrected chi connectivity index (χ3v) is 3.42. The van der Waals surface area contributed by atoms with Gasteiger partial charge in [0.15, 0.2) is 9.84 Å². The highest BCUT2D eigenvalue weighted by Gasteiger charge is 2.25. The summed E-state index contributed by atoms with van der Waals surface area (Å²) in [5.41, 5.74) is 2.29.